The summed E-state index contributed by atoms with van der Waals surface area (Å²) < 4.78 is 6.06. The monoisotopic (exact) mass is 443 g/mol. The average Bonchev–Trinajstić information content (AvgIpc) is 3.17. The highest BCUT2D eigenvalue weighted by Gasteiger charge is 2.46. The first kappa shape index (κ1) is 22.4. The number of carbonyl (C=O) groups is 1. The van der Waals surface area contributed by atoms with Crippen LogP contribution in [-0.2, 0) is 18.3 Å². The van der Waals surface area contributed by atoms with Gasteiger partial charge in [0.05, 0.1) is 6.34 Å². The van der Waals surface area contributed by atoms with Gasteiger partial charge < -0.3 is 10.2 Å². The highest BCUT2D eigenvalue weighted by molar-refractivity contribution is 5.99. The molecular formula is C24H25N7O2. The van der Waals surface area contributed by atoms with Gasteiger partial charge in [0.2, 0.25) is 11.8 Å². The van der Waals surface area contributed by atoms with E-state index in [2.05, 4.69) is 50.3 Å². The normalized spacial score (nSPS) is 18.2. The van der Waals surface area contributed by atoms with Crippen molar-refractivity contribution in [3.63, 3.8) is 0 Å². The Morgan fingerprint density at radius 1 is 1.21 bits per heavy atom. The summed E-state index contributed by atoms with van der Waals surface area (Å²) in [4.78, 5) is 18.8. The molecule has 0 saturated carbocycles. The van der Waals surface area contributed by atoms with E-state index in [4.69, 9.17) is 15.7 Å². The Kier molecular flexibility index (Phi) is 6.09. The van der Waals surface area contributed by atoms with Crippen LogP contribution in [0.4, 0.5) is 0 Å². The largest absolute Gasteiger partial charge is 0.424 e. The number of nitrogens with two attached hydrogens (primary N) is 1. The van der Waals surface area contributed by atoms with E-state index >= 15 is 0 Å². The summed E-state index contributed by atoms with van der Waals surface area (Å²) in [6.45, 7) is 5.81. The Morgan fingerprint density at radius 3 is 2.55 bits per heavy atom. The Hall–Kier alpha value is -3.81. The third kappa shape index (κ3) is 4.16. The lowest BCUT2D eigenvalue weighted by atomic mass is 9.68. The summed E-state index contributed by atoms with van der Waals surface area (Å²) in [6.07, 6.45) is 2.98. The number of nitrogens with zero attached hydrogens (tertiary/aromatic N) is 6. The van der Waals surface area contributed by atoms with Crippen LogP contribution in [0.5, 0.6) is 0 Å². The number of benzene rings is 2. The molecule has 0 saturated heterocycles. The Balaban J connectivity index is 1.98. The van der Waals surface area contributed by atoms with E-state index in [0.717, 1.165) is 35.9 Å². The van der Waals surface area contributed by atoms with Gasteiger partial charge in [0, 0.05) is 23.4 Å². The Morgan fingerprint density at radius 2 is 1.91 bits per heavy atom. The van der Waals surface area contributed by atoms with Gasteiger partial charge in [-0.1, -0.05) is 29.8 Å². The Bertz CT molecular complexity index is 1290. The number of hydrogen-bond donors (Lipinski definition) is 1. The standard InChI is InChI=1S/C24H25N7O2/c1-14-4-8-20-17(10-14)5-6-18-11-19(22(32)27-13-28-31-26)7-9-21(18)24(20,12-15(2)25)23-30-29-16(3)33-23/h4,7-11,13,15H,5-6,12,25H2,1-3H3/t15-,24?/m1/s1. The zero-order valence-electron chi connectivity index (χ0n) is 18.8. The van der Waals surface area contributed by atoms with Crippen molar-refractivity contribution in [2.75, 3.05) is 0 Å². The van der Waals surface area contributed by atoms with Gasteiger partial charge in [0.15, 0.2) is 0 Å². The number of rotatable bonds is 5. The zero-order chi connectivity index (χ0) is 23.6. The molecule has 33 heavy (non-hydrogen) atoms. The van der Waals surface area contributed by atoms with Crippen molar-refractivity contribution in [3.8, 4) is 0 Å². The molecule has 9 nitrogen and oxygen atoms in total. The van der Waals surface area contributed by atoms with Crippen molar-refractivity contribution in [1.29, 1.82) is 0 Å². The summed E-state index contributed by atoms with van der Waals surface area (Å²) >= 11 is 0. The minimum atomic E-state index is -0.750. The quantitative estimate of drug-likeness (QED) is 0.205. The maximum absolute atomic E-state index is 12.5. The van der Waals surface area contributed by atoms with Crippen LogP contribution in [0.2, 0.25) is 0 Å². The molecule has 1 unspecified atom stereocenters. The van der Waals surface area contributed by atoms with Crippen LogP contribution in [0.25, 0.3) is 10.4 Å². The smallest absolute Gasteiger partial charge is 0.276 e. The van der Waals surface area contributed by atoms with E-state index in [1.54, 1.807) is 13.0 Å². The second kappa shape index (κ2) is 8.97. The molecule has 2 aromatic carbocycles. The predicted octanol–water partition coefficient (Wildman–Crippen LogP) is 4.34. The van der Waals surface area contributed by atoms with Crippen molar-refractivity contribution in [1.82, 2.24) is 10.2 Å². The molecule has 1 amide bonds. The lowest BCUT2D eigenvalue weighted by Crippen LogP contribution is -2.37. The first-order valence-corrected chi connectivity index (χ1v) is 10.8. The summed E-state index contributed by atoms with van der Waals surface area (Å²) in [5, 5.41) is 11.8. The first-order valence-electron chi connectivity index (χ1n) is 10.8. The average molecular weight is 444 g/mol. The lowest BCUT2D eigenvalue weighted by molar-refractivity contribution is 0.100. The van der Waals surface area contributed by atoms with Crippen LogP contribution >= 0.6 is 0 Å². The number of carbonyl (C=O) groups excluding carboxylic acids is 1. The summed E-state index contributed by atoms with van der Waals surface area (Å²) in [6, 6.07) is 11.8. The van der Waals surface area contributed by atoms with Gasteiger partial charge in [-0.25, -0.2) is 4.99 Å². The number of aryl methyl sites for hydroxylation is 4. The van der Waals surface area contributed by atoms with E-state index in [-0.39, 0.29) is 6.04 Å². The van der Waals surface area contributed by atoms with Crippen molar-refractivity contribution in [3.05, 3.63) is 92.0 Å². The molecule has 2 atom stereocenters. The molecule has 9 heteroatoms. The van der Waals surface area contributed by atoms with Crippen LogP contribution in [0.3, 0.4) is 0 Å². The van der Waals surface area contributed by atoms with Crippen LogP contribution in [0, 0.1) is 13.8 Å². The van der Waals surface area contributed by atoms with E-state index in [0.29, 0.717) is 23.8 Å². The minimum absolute atomic E-state index is 0.160. The molecule has 1 aliphatic rings. The predicted molar refractivity (Wildman–Crippen MR) is 124 cm³/mol. The maximum atomic E-state index is 12.5. The Labute approximate surface area is 191 Å². The fourth-order valence-corrected chi connectivity index (χ4v) is 4.78. The molecule has 0 fully saturated rings. The van der Waals surface area contributed by atoms with Crippen molar-refractivity contribution < 1.29 is 9.21 Å². The van der Waals surface area contributed by atoms with Gasteiger partial charge in [0.1, 0.15) is 5.41 Å². The fourth-order valence-electron chi connectivity index (χ4n) is 4.78. The number of amides is 1. The van der Waals surface area contributed by atoms with Crippen molar-refractivity contribution in [2.24, 2.45) is 15.8 Å². The second-order valence-corrected chi connectivity index (χ2v) is 8.50. The number of hydrogen-bond acceptors (Lipinski definition) is 5. The molecule has 2 N–H and O–H groups in total. The van der Waals surface area contributed by atoms with E-state index < -0.39 is 11.3 Å². The molecule has 0 aliphatic heterocycles. The highest BCUT2D eigenvalue weighted by atomic mass is 16.4. The number of fused-ring (bicyclic) bond motifs is 2. The third-order valence-corrected chi connectivity index (χ3v) is 5.99. The van der Waals surface area contributed by atoms with Crippen molar-refractivity contribution in [2.45, 2.75) is 51.5 Å². The summed E-state index contributed by atoms with van der Waals surface area (Å²) in [5.74, 6) is 0.493. The zero-order valence-corrected chi connectivity index (χ0v) is 18.8. The van der Waals surface area contributed by atoms with Gasteiger partial charge >= 0.3 is 0 Å². The van der Waals surface area contributed by atoms with Crippen molar-refractivity contribution >= 4 is 12.2 Å². The van der Waals surface area contributed by atoms with Gasteiger partial charge in [-0.15, -0.1) is 10.2 Å². The molecule has 1 aliphatic carbocycles. The maximum Gasteiger partial charge on any atom is 0.276 e. The highest BCUT2D eigenvalue weighted by Crippen LogP contribution is 2.47. The van der Waals surface area contributed by atoms with Gasteiger partial charge in [-0.05, 0) is 78.1 Å². The van der Waals surface area contributed by atoms with Gasteiger partial charge in [-0.2, -0.15) is 0 Å². The number of aliphatic imine (C=N–C) groups is 1. The SMILES string of the molecule is Cc1ccc2c(c1)CCc1cc(C(=O)N=CN=[N+]=[N-])ccc1C2(C[C@@H](C)N)c1nnc(C)o1. The molecule has 3 aromatic rings. The molecular weight excluding hydrogens is 418 g/mol. The van der Waals surface area contributed by atoms with Crippen LogP contribution in [-0.4, -0.2) is 28.5 Å². The fraction of sp³-hybridized carbons (Fsp3) is 0.333. The second-order valence-electron chi connectivity index (χ2n) is 8.50. The van der Waals surface area contributed by atoms with E-state index in [9.17, 15) is 4.79 Å². The molecule has 0 spiro atoms. The molecule has 0 bridgehead atoms. The third-order valence-electron chi connectivity index (χ3n) is 5.99. The molecule has 168 valence electrons. The topological polar surface area (TPSA) is 143 Å². The van der Waals surface area contributed by atoms with E-state index in [1.165, 1.54) is 11.1 Å². The van der Waals surface area contributed by atoms with Crippen LogP contribution in [0.1, 0.15) is 63.3 Å². The van der Waals surface area contributed by atoms with Gasteiger partial charge in [0.25, 0.3) is 5.91 Å². The van der Waals surface area contributed by atoms with Gasteiger partial charge in [-0.3, -0.25) is 4.79 Å². The summed E-state index contributed by atoms with van der Waals surface area (Å²) in [5.41, 5.74) is 19.9. The van der Waals surface area contributed by atoms with Crippen LogP contribution in [0.15, 0.2) is 50.9 Å². The molecule has 1 heterocycles. The van der Waals surface area contributed by atoms with E-state index in [1.807, 2.05) is 19.1 Å². The minimum Gasteiger partial charge on any atom is -0.424 e. The molecule has 4 rings (SSSR count). The number of aromatic nitrogens is 2. The molecule has 1 aromatic heterocycles. The number of azide groups is 1. The first-order chi connectivity index (χ1) is 15.8. The molecule has 0 radical (unpaired) electrons. The summed E-state index contributed by atoms with van der Waals surface area (Å²) in [7, 11) is 0. The lowest BCUT2D eigenvalue weighted by Gasteiger charge is -2.35. The van der Waals surface area contributed by atoms with Crippen LogP contribution < -0.4 is 5.73 Å².